The fourth-order valence-electron chi connectivity index (χ4n) is 9.00. The number of ether oxygens (including phenoxy) is 3. The summed E-state index contributed by atoms with van der Waals surface area (Å²) in [6.07, 6.45) is 82.0. The first kappa shape index (κ1) is 70.6. The molecule has 0 saturated heterocycles. The smallest absolute Gasteiger partial charge is 0.306 e. The van der Waals surface area contributed by atoms with Crippen molar-refractivity contribution in [1.29, 1.82) is 0 Å². The van der Waals surface area contributed by atoms with Gasteiger partial charge in [-0.05, 0) is 77.0 Å². The molecule has 1 unspecified atom stereocenters. The number of carbonyl (C=O) groups is 3. The first-order valence-corrected chi connectivity index (χ1v) is 31.6. The minimum atomic E-state index is -0.814. The lowest BCUT2D eigenvalue weighted by Gasteiger charge is -2.18. The maximum absolute atomic E-state index is 12.9. The van der Waals surface area contributed by atoms with Crippen molar-refractivity contribution in [2.24, 2.45) is 0 Å². The molecule has 1 atom stereocenters. The van der Waals surface area contributed by atoms with Crippen LogP contribution in [0, 0.1) is 0 Å². The van der Waals surface area contributed by atoms with Gasteiger partial charge in [0.05, 0.1) is 0 Å². The van der Waals surface area contributed by atoms with Gasteiger partial charge in [-0.2, -0.15) is 0 Å². The van der Waals surface area contributed by atoms with E-state index in [1.807, 2.05) is 6.08 Å². The van der Waals surface area contributed by atoms with Gasteiger partial charge >= 0.3 is 17.9 Å². The van der Waals surface area contributed by atoms with Crippen LogP contribution in [0.2, 0.25) is 0 Å². The van der Waals surface area contributed by atoms with Crippen LogP contribution in [0.15, 0.2) is 85.1 Å². The molecule has 0 aliphatic heterocycles. The molecule has 6 heteroatoms. The van der Waals surface area contributed by atoms with Crippen molar-refractivity contribution >= 4 is 17.9 Å². The van der Waals surface area contributed by atoms with Gasteiger partial charge in [-0.15, -0.1) is 0 Å². The average Bonchev–Trinajstić information content (AvgIpc) is 3.40. The van der Waals surface area contributed by atoms with Crippen LogP contribution in [0.25, 0.3) is 0 Å². The molecule has 0 amide bonds. The largest absolute Gasteiger partial charge is 0.462 e. The molecule has 0 aromatic carbocycles. The molecule has 0 aliphatic rings. The summed E-state index contributed by atoms with van der Waals surface area (Å²) in [7, 11) is 0. The summed E-state index contributed by atoms with van der Waals surface area (Å²) in [6.45, 7) is 6.36. The van der Waals surface area contributed by atoms with Crippen molar-refractivity contribution in [2.75, 3.05) is 13.2 Å². The SMILES string of the molecule is CC/C=C\C/C=C\C/C=C\C/C=C\CCC(=O)OCC(COC(=O)CCCCCCCCCCCCCCCCCCCCCCCCCCCCCC)OC(=O)CCCCCCC/C=C\C/C=C\C/C=C\CC. The Hall–Kier alpha value is -3.41. The summed E-state index contributed by atoms with van der Waals surface area (Å²) in [5, 5.41) is 0. The van der Waals surface area contributed by atoms with E-state index in [4.69, 9.17) is 14.2 Å². The van der Waals surface area contributed by atoms with Crippen LogP contribution in [0.4, 0.5) is 0 Å². The number of allylic oxidation sites excluding steroid dienone is 14. The second-order valence-electron chi connectivity index (χ2n) is 20.9. The number of esters is 3. The molecule has 0 rings (SSSR count). The Morgan fingerprint density at radius 3 is 0.905 bits per heavy atom. The van der Waals surface area contributed by atoms with Gasteiger partial charge in [-0.1, -0.05) is 298 Å². The first-order chi connectivity index (χ1) is 36.5. The zero-order valence-corrected chi connectivity index (χ0v) is 48.8. The molecular formula is C68H118O6. The maximum Gasteiger partial charge on any atom is 0.306 e. The molecule has 426 valence electrons. The maximum atomic E-state index is 12.9. The van der Waals surface area contributed by atoms with E-state index in [1.165, 1.54) is 161 Å². The van der Waals surface area contributed by atoms with Crippen LogP contribution in [-0.2, 0) is 28.6 Å². The van der Waals surface area contributed by atoms with E-state index in [0.29, 0.717) is 19.3 Å². The highest BCUT2D eigenvalue weighted by Crippen LogP contribution is 2.17. The minimum Gasteiger partial charge on any atom is -0.462 e. The number of hydrogen-bond acceptors (Lipinski definition) is 6. The van der Waals surface area contributed by atoms with Crippen molar-refractivity contribution in [3.8, 4) is 0 Å². The van der Waals surface area contributed by atoms with Crippen LogP contribution in [-0.4, -0.2) is 37.2 Å². The van der Waals surface area contributed by atoms with Gasteiger partial charge in [0.15, 0.2) is 6.10 Å². The van der Waals surface area contributed by atoms with Gasteiger partial charge in [-0.3, -0.25) is 14.4 Å². The van der Waals surface area contributed by atoms with Crippen LogP contribution < -0.4 is 0 Å². The zero-order valence-electron chi connectivity index (χ0n) is 48.8. The van der Waals surface area contributed by atoms with Crippen LogP contribution in [0.1, 0.15) is 310 Å². The summed E-state index contributed by atoms with van der Waals surface area (Å²) >= 11 is 0. The van der Waals surface area contributed by atoms with Crippen LogP contribution in [0.5, 0.6) is 0 Å². The van der Waals surface area contributed by atoms with E-state index < -0.39 is 6.10 Å². The molecule has 0 N–H and O–H groups in total. The monoisotopic (exact) mass is 1030 g/mol. The van der Waals surface area contributed by atoms with Gasteiger partial charge in [-0.25, -0.2) is 0 Å². The number of carbonyl (C=O) groups excluding carboxylic acids is 3. The van der Waals surface area contributed by atoms with E-state index in [1.54, 1.807) is 0 Å². The van der Waals surface area contributed by atoms with Gasteiger partial charge in [0.2, 0.25) is 0 Å². The third-order valence-electron chi connectivity index (χ3n) is 13.7. The Kier molecular flexibility index (Phi) is 59.3. The molecule has 0 aliphatic carbocycles. The van der Waals surface area contributed by atoms with Gasteiger partial charge < -0.3 is 14.2 Å². The zero-order chi connectivity index (χ0) is 53.6. The topological polar surface area (TPSA) is 78.9 Å². The molecule has 0 saturated carbocycles. The molecule has 74 heavy (non-hydrogen) atoms. The van der Waals surface area contributed by atoms with Crippen LogP contribution in [0.3, 0.4) is 0 Å². The Morgan fingerprint density at radius 2 is 0.554 bits per heavy atom. The fourth-order valence-corrected chi connectivity index (χ4v) is 9.00. The van der Waals surface area contributed by atoms with Crippen molar-refractivity contribution in [3.63, 3.8) is 0 Å². The van der Waals surface area contributed by atoms with Crippen molar-refractivity contribution in [1.82, 2.24) is 0 Å². The molecule has 0 spiro atoms. The third-order valence-corrected chi connectivity index (χ3v) is 13.7. The predicted octanol–water partition coefficient (Wildman–Crippen LogP) is 21.5. The Bertz CT molecular complexity index is 1420. The fraction of sp³-hybridized carbons (Fsp3) is 0.750. The van der Waals surface area contributed by atoms with Crippen molar-refractivity contribution in [2.45, 2.75) is 316 Å². The highest BCUT2D eigenvalue weighted by atomic mass is 16.6. The first-order valence-electron chi connectivity index (χ1n) is 31.6. The van der Waals surface area contributed by atoms with Gasteiger partial charge in [0.1, 0.15) is 13.2 Å². The quantitative estimate of drug-likeness (QED) is 0.0261. The average molecular weight is 1030 g/mol. The normalized spacial score (nSPS) is 12.6. The highest BCUT2D eigenvalue weighted by Gasteiger charge is 2.19. The lowest BCUT2D eigenvalue weighted by atomic mass is 10.0. The summed E-state index contributed by atoms with van der Waals surface area (Å²) in [4.78, 5) is 38.2. The standard InChI is InChI=1S/C68H118O6/c1-4-7-10-13-16-19-22-25-27-28-29-30-31-32-33-34-35-36-37-38-39-41-43-46-49-52-55-58-61-67(70)73-64-65(63-72-66(69)60-57-54-51-48-45-42-24-21-18-15-12-9-6-3)74-68(71)62-59-56-53-50-47-44-40-26-23-20-17-14-11-8-5-2/h8-9,11-12,17-18,20-21,26,40,42,45,51,54,65H,4-7,10,13-16,19,22-25,27-39,41,43-44,46-50,52-53,55-64H2,1-3H3/b11-8-,12-9-,20-17-,21-18-,40-26-,45-42-,54-51-. The Labute approximate surface area is 458 Å². The lowest BCUT2D eigenvalue weighted by Crippen LogP contribution is -2.30. The minimum absolute atomic E-state index is 0.104. The molecule has 0 bridgehead atoms. The summed E-state index contributed by atoms with van der Waals surface area (Å²) < 4.78 is 16.8. The second-order valence-corrected chi connectivity index (χ2v) is 20.9. The second kappa shape index (κ2) is 62.1. The molecule has 0 aromatic heterocycles. The lowest BCUT2D eigenvalue weighted by molar-refractivity contribution is -0.166. The molecule has 0 heterocycles. The predicted molar refractivity (Wildman–Crippen MR) is 321 cm³/mol. The Morgan fingerprint density at radius 1 is 0.284 bits per heavy atom. The van der Waals surface area contributed by atoms with E-state index in [0.717, 1.165) is 103 Å². The molecule has 0 fully saturated rings. The summed E-state index contributed by atoms with van der Waals surface area (Å²) in [6, 6.07) is 0. The molecule has 6 nitrogen and oxygen atoms in total. The molecule has 0 aromatic rings. The number of rotatable bonds is 57. The molecular weight excluding hydrogens is 913 g/mol. The number of unbranched alkanes of at least 4 members (excludes halogenated alkanes) is 32. The van der Waals surface area contributed by atoms with E-state index in [2.05, 4.69) is 99.8 Å². The summed E-state index contributed by atoms with van der Waals surface area (Å²) in [5.41, 5.74) is 0. The third kappa shape index (κ3) is 59.5. The van der Waals surface area contributed by atoms with Gasteiger partial charge in [0, 0.05) is 19.3 Å². The molecule has 0 radical (unpaired) electrons. The Balaban J connectivity index is 4.24. The highest BCUT2D eigenvalue weighted by molar-refractivity contribution is 5.71. The summed E-state index contributed by atoms with van der Waals surface area (Å²) in [5.74, 6) is -0.997. The van der Waals surface area contributed by atoms with E-state index in [9.17, 15) is 14.4 Å². The van der Waals surface area contributed by atoms with E-state index >= 15 is 0 Å². The van der Waals surface area contributed by atoms with Gasteiger partial charge in [0.25, 0.3) is 0 Å². The number of hydrogen-bond donors (Lipinski definition) is 0. The van der Waals surface area contributed by atoms with Crippen molar-refractivity contribution in [3.05, 3.63) is 85.1 Å². The van der Waals surface area contributed by atoms with Crippen molar-refractivity contribution < 1.29 is 28.6 Å². The van der Waals surface area contributed by atoms with E-state index in [-0.39, 0.29) is 37.5 Å². The van der Waals surface area contributed by atoms with Crippen LogP contribution >= 0.6 is 0 Å².